The third-order valence-electron chi connectivity index (χ3n) is 3.96. The van der Waals surface area contributed by atoms with Crippen molar-refractivity contribution in [2.24, 2.45) is 0 Å². The molecule has 1 aliphatic rings. The summed E-state index contributed by atoms with van der Waals surface area (Å²) < 4.78 is 0. The Bertz CT molecular complexity index is 860. The highest BCUT2D eigenvalue weighted by atomic mass is 16.1. The van der Waals surface area contributed by atoms with E-state index in [9.17, 15) is 4.79 Å². The quantitative estimate of drug-likeness (QED) is 0.809. The second-order valence-electron chi connectivity index (χ2n) is 5.72. The topological polar surface area (TPSA) is 42.0 Å². The van der Waals surface area contributed by atoms with Gasteiger partial charge in [0.1, 0.15) is 0 Å². The number of amides is 1. The van der Waals surface area contributed by atoms with Crippen LogP contribution in [-0.4, -0.2) is 10.9 Å². The van der Waals surface area contributed by atoms with Gasteiger partial charge in [-0.15, -0.1) is 0 Å². The summed E-state index contributed by atoms with van der Waals surface area (Å²) >= 11 is 0. The monoisotopic (exact) mass is 316 g/mol. The summed E-state index contributed by atoms with van der Waals surface area (Å²) in [6, 6.07) is 7.94. The fourth-order valence-corrected chi connectivity index (χ4v) is 2.77. The van der Waals surface area contributed by atoms with Crippen LogP contribution < -0.4 is 5.32 Å². The van der Waals surface area contributed by atoms with Crippen LogP contribution in [-0.2, 0) is 4.79 Å². The molecule has 1 amide bonds. The van der Waals surface area contributed by atoms with Gasteiger partial charge in [-0.3, -0.25) is 9.78 Å². The molecule has 0 saturated carbocycles. The molecule has 0 unspecified atom stereocenters. The maximum atomic E-state index is 11.8. The van der Waals surface area contributed by atoms with Gasteiger partial charge in [0.25, 0.3) is 0 Å². The lowest BCUT2D eigenvalue weighted by molar-refractivity contribution is -0.111. The molecule has 1 aliphatic carbocycles. The molecule has 1 N–H and O–H groups in total. The van der Waals surface area contributed by atoms with Crippen molar-refractivity contribution in [1.29, 1.82) is 0 Å². The molecule has 0 atom stereocenters. The van der Waals surface area contributed by atoms with Crippen LogP contribution in [0.5, 0.6) is 0 Å². The van der Waals surface area contributed by atoms with E-state index in [-0.39, 0.29) is 5.91 Å². The van der Waals surface area contributed by atoms with Crippen LogP contribution in [0.25, 0.3) is 23.4 Å². The molecule has 1 aromatic heterocycles. The van der Waals surface area contributed by atoms with Crippen molar-refractivity contribution in [2.45, 2.75) is 20.3 Å². The highest BCUT2D eigenvalue weighted by Gasteiger charge is 2.12. The van der Waals surface area contributed by atoms with E-state index in [1.54, 1.807) is 6.08 Å². The predicted octanol–water partition coefficient (Wildman–Crippen LogP) is 5.00. The lowest BCUT2D eigenvalue weighted by Crippen LogP contribution is -2.08. The number of nitrogens with one attached hydrogen (secondary N) is 1. The molecule has 24 heavy (non-hydrogen) atoms. The molecule has 120 valence electrons. The maximum Gasteiger partial charge on any atom is 0.248 e. The number of aromatic nitrogens is 1. The van der Waals surface area contributed by atoms with E-state index < -0.39 is 0 Å². The Labute approximate surface area is 142 Å². The molecule has 0 fully saturated rings. The lowest BCUT2D eigenvalue weighted by Gasteiger charge is -2.13. The number of aryl methyl sites for hydroxylation is 1. The van der Waals surface area contributed by atoms with Gasteiger partial charge in [0.05, 0.1) is 5.69 Å². The zero-order valence-corrected chi connectivity index (χ0v) is 13.9. The molecule has 3 heteroatoms. The number of anilines is 1. The Hall–Kier alpha value is -2.94. The highest BCUT2D eigenvalue weighted by molar-refractivity contribution is 5.99. The Balaban J connectivity index is 2.07. The van der Waals surface area contributed by atoms with Crippen molar-refractivity contribution in [3.8, 4) is 11.3 Å². The third-order valence-corrected chi connectivity index (χ3v) is 3.96. The van der Waals surface area contributed by atoms with Crippen LogP contribution >= 0.6 is 0 Å². The highest BCUT2D eigenvalue weighted by Crippen LogP contribution is 2.31. The number of nitrogens with zero attached hydrogens (tertiary/aromatic N) is 1. The number of allylic oxidation sites excluding steroid dienone is 3. The zero-order chi connectivity index (χ0) is 16.9. The van der Waals surface area contributed by atoms with Crippen LogP contribution in [0, 0.1) is 6.92 Å². The normalized spacial score (nSPS) is 12.9. The molecule has 0 saturated heterocycles. The summed E-state index contributed by atoms with van der Waals surface area (Å²) in [5.41, 5.74) is 6.15. The Morgan fingerprint density at radius 2 is 2.04 bits per heavy atom. The molecule has 1 aromatic carbocycles. The average molecular weight is 316 g/mol. The van der Waals surface area contributed by atoms with Gasteiger partial charge in [0.15, 0.2) is 0 Å². The smallest absolute Gasteiger partial charge is 0.248 e. The molecule has 0 radical (unpaired) electrons. The van der Waals surface area contributed by atoms with Gasteiger partial charge < -0.3 is 5.32 Å². The Morgan fingerprint density at radius 3 is 2.88 bits per heavy atom. The Morgan fingerprint density at radius 1 is 1.21 bits per heavy atom. The number of hydrogen-bond donors (Lipinski definition) is 1. The van der Waals surface area contributed by atoms with Crippen molar-refractivity contribution in [1.82, 2.24) is 4.98 Å². The van der Waals surface area contributed by atoms with Crippen LogP contribution in [0.4, 0.5) is 5.69 Å². The minimum atomic E-state index is -0.130. The molecule has 0 bridgehead atoms. The summed E-state index contributed by atoms with van der Waals surface area (Å²) in [6.45, 7) is 3.88. The van der Waals surface area contributed by atoms with Crippen LogP contribution in [0.3, 0.4) is 0 Å². The SMILES string of the molecule is C/C=C/C(=O)Nc1ccc(C)c(-c2nccc3c2C=CCC=C3)c1. The first-order valence-corrected chi connectivity index (χ1v) is 8.06. The summed E-state index contributed by atoms with van der Waals surface area (Å²) in [6.07, 6.45) is 14.5. The predicted molar refractivity (Wildman–Crippen MR) is 101 cm³/mol. The first-order valence-electron chi connectivity index (χ1n) is 8.06. The number of carbonyl (C=O) groups is 1. The number of fused-ring (bicyclic) bond motifs is 1. The second-order valence-corrected chi connectivity index (χ2v) is 5.72. The average Bonchev–Trinajstić information content (AvgIpc) is 2.82. The molecule has 1 heterocycles. The summed E-state index contributed by atoms with van der Waals surface area (Å²) in [4.78, 5) is 16.4. The number of benzene rings is 1. The number of hydrogen-bond acceptors (Lipinski definition) is 2. The molecule has 2 aromatic rings. The van der Waals surface area contributed by atoms with Crippen molar-refractivity contribution in [2.75, 3.05) is 5.32 Å². The van der Waals surface area contributed by atoms with Gasteiger partial charge in [-0.1, -0.05) is 36.4 Å². The van der Waals surface area contributed by atoms with E-state index in [1.165, 1.54) is 6.08 Å². The minimum Gasteiger partial charge on any atom is -0.323 e. The fraction of sp³-hybridized carbons (Fsp3) is 0.143. The number of carbonyl (C=O) groups excluding carboxylic acids is 1. The first-order chi connectivity index (χ1) is 11.7. The van der Waals surface area contributed by atoms with Gasteiger partial charge in [0.2, 0.25) is 5.91 Å². The van der Waals surface area contributed by atoms with Crippen molar-refractivity contribution in [3.63, 3.8) is 0 Å². The molecular weight excluding hydrogens is 296 g/mol. The van der Waals surface area contributed by atoms with E-state index in [0.717, 1.165) is 40.1 Å². The van der Waals surface area contributed by atoms with Crippen molar-refractivity contribution >= 4 is 23.7 Å². The zero-order valence-electron chi connectivity index (χ0n) is 13.9. The molecular formula is C21H20N2O. The van der Waals surface area contributed by atoms with E-state index in [1.807, 2.05) is 37.4 Å². The van der Waals surface area contributed by atoms with Crippen molar-refractivity contribution < 1.29 is 4.79 Å². The largest absolute Gasteiger partial charge is 0.323 e. The van der Waals surface area contributed by atoms with Crippen LogP contribution in [0.1, 0.15) is 30.0 Å². The molecule has 0 aliphatic heterocycles. The summed E-state index contributed by atoms with van der Waals surface area (Å²) in [5.74, 6) is -0.130. The number of pyridine rings is 1. The molecule has 0 spiro atoms. The van der Waals surface area contributed by atoms with E-state index >= 15 is 0 Å². The third kappa shape index (κ3) is 3.35. The van der Waals surface area contributed by atoms with Crippen molar-refractivity contribution in [3.05, 3.63) is 71.5 Å². The molecule has 3 nitrogen and oxygen atoms in total. The van der Waals surface area contributed by atoms with Gasteiger partial charge >= 0.3 is 0 Å². The van der Waals surface area contributed by atoms with E-state index in [2.05, 4.69) is 41.5 Å². The lowest BCUT2D eigenvalue weighted by atomic mass is 9.97. The van der Waals surface area contributed by atoms with Gasteiger partial charge in [0, 0.05) is 23.0 Å². The molecule has 3 rings (SSSR count). The van der Waals surface area contributed by atoms with E-state index in [0.29, 0.717) is 0 Å². The van der Waals surface area contributed by atoms with Gasteiger partial charge in [-0.25, -0.2) is 0 Å². The second kappa shape index (κ2) is 7.09. The van der Waals surface area contributed by atoms with Crippen LogP contribution in [0.15, 0.2) is 54.8 Å². The first kappa shape index (κ1) is 15.9. The Kier molecular flexibility index (Phi) is 4.71. The standard InChI is InChI=1S/C21H20N2O/c1-3-7-20(24)23-17-11-10-15(2)19(14-17)21-18-9-6-4-5-8-16(18)12-13-22-21/h3,5-14H,4H2,1-2H3,(H,23,24)/b7-3+. The minimum absolute atomic E-state index is 0.130. The van der Waals surface area contributed by atoms with E-state index in [4.69, 9.17) is 0 Å². The summed E-state index contributed by atoms with van der Waals surface area (Å²) in [7, 11) is 0. The van der Waals surface area contributed by atoms with Gasteiger partial charge in [-0.05, 0) is 55.7 Å². The maximum absolute atomic E-state index is 11.8. The summed E-state index contributed by atoms with van der Waals surface area (Å²) in [5, 5.41) is 2.89. The number of rotatable bonds is 3. The van der Waals surface area contributed by atoms with Gasteiger partial charge in [-0.2, -0.15) is 0 Å². The fourth-order valence-electron chi connectivity index (χ4n) is 2.77. The van der Waals surface area contributed by atoms with Crippen LogP contribution in [0.2, 0.25) is 0 Å².